The van der Waals surface area contributed by atoms with E-state index in [0.717, 1.165) is 12.2 Å². The Morgan fingerprint density at radius 2 is 2.15 bits per heavy atom. The maximum absolute atomic E-state index is 12.6. The second-order valence-corrected chi connectivity index (χ2v) is 5.44. The zero-order valence-corrected chi connectivity index (χ0v) is 12.3. The van der Waals surface area contributed by atoms with Gasteiger partial charge in [-0.1, -0.05) is 30.7 Å². The van der Waals surface area contributed by atoms with Crippen LogP contribution in [-0.4, -0.2) is 36.5 Å². The molecule has 108 valence electrons. The smallest absolute Gasteiger partial charge is 0.241 e. The van der Waals surface area contributed by atoms with Crippen molar-refractivity contribution >= 4 is 11.6 Å². The highest BCUT2D eigenvalue weighted by molar-refractivity contribution is 5.95. The number of amides is 1. The van der Waals surface area contributed by atoms with Crippen LogP contribution in [-0.2, 0) is 4.79 Å². The highest BCUT2D eigenvalue weighted by Crippen LogP contribution is 2.18. The molecule has 1 aromatic rings. The van der Waals surface area contributed by atoms with Crippen LogP contribution in [0.1, 0.15) is 26.2 Å². The van der Waals surface area contributed by atoms with Gasteiger partial charge in [0.2, 0.25) is 5.91 Å². The molecular formula is C17H24N2O. The number of anilines is 1. The zero-order valence-electron chi connectivity index (χ0n) is 12.3. The summed E-state index contributed by atoms with van der Waals surface area (Å²) >= 11 is 0. The summed E-state index contributed by atoms with van der Waals surface area (Å²) in [5, 5.41) is 0. The zero-order chi connectivity index (χ0) is 14.4. The number of likely N-dealkylation sites (tertiary alicyclic amines) is 1. The summed E-state index contributed by atoms with van der Waals surface area (Å²) in [4.78, 5) is 16.7. The second kappa shape index (κ2) is 7.25. The van der Waals surface area contributed by atoms with Crippen molar-refractivity contribution in [3.8, 4) is 0 Å². The lowest BCUT2D eigenvalue weighted by Gasteiger charge is -2.34. The van der Waals surface area contributed by atoms with E-state index in [0.29, 0.717) is 19.1 Å². The SMILES string of the molecule is C=CCN(C(=O)CN1CCCCC1C)c1ccccc1. The molecule has 3 heteroatoms. The second-order valence-electron chi connectivity index (χ2n) is 5.44. The molecule has 1 amide bonds. The number of para-hydroxylation sites is 1. The predicted octanol–water partition coefficient (Wildman–Crippen LogP) is 3.08. The number of piperidine rings is 1. The summed E-state index contributed by atoms with van der Waals surface area (Å²) in [6.45, 7) is 8.07. The van der Waals surface area contributed by atoms with Gasteiger partial charge in [0, 0.05) is 18.3 Å². The normalized spacial score (nSPS) is 19.6. The van der Waals surface area contributed by atoms with Crippen molar-refractivity contribution in [1.29, 1.82) is 0 Å². The van der Waals surface area contributed by atoms with Gasteiger partial charge in [-0.2, -0.15) is 0 Å². The van der Waals surface area contributed by atoms with Crippen molar-refractivity contribution in [2.24, 2.45) is 0 Å². The topological polar surface area (TPSA) is 23.6 Å². The third-order valence-electron chi connectivity index (χ3n) is 3.96. The van der Waals surface area contributed by atoms with Crippen LogP contribution in [0, 0.1) is 0 Å². The molecule has 0 saturated carbocycles. The summed E-state index contributed by atoms with van der Waals surface area (Å²) in [6.07, 6.45) is 5.45. The largest absolute Gasteiger partial charge is 0.308 e. The molecule has 0 aliphatic carbocycles. The van der Waals surface area contributed by atoms with Crippen molar-refractivity contribution in [2.45, 2.75) is 32.2 Å². The monoisotopic (exact) mass is 272 g/mol. The summed E-state index contributed by atoms with van der Waals surface area (Å²) < 4.78 is 0. The van der Waals surface area contributed by atoms with Crippen molar-refractivity contribution in [1.82, 2.24) is 4.90 Å². The number of nitrogens with zero attached hydrogens (tertiary/aromatic N) is 2. The van der Waals surface area contributed by atoms with Gasteiger partial charge in [-0.3, -0.25) is 9.69 Å². The Morgan fingerprint density at radius 3 is 2.80 bits per heavy atom. The van der Waals surface area contributed by atoms with Crippen molar-refractivity contribution in [3.05, 3.63) is 43.0 Å². The van der Waals surface area contributed by atoms with Crippen LogP contribution >= 0.6 is 0 Å². The molecule has 0 bridgehead atoms. The number of carbonyl (C=O) groups is 1. The first-order chi connectivity index (χ1) is 9.72. The molecular weight excluding hydrogens is 248 g/mol. The Labute approximate surface area is 121 Å². The molecule has 1 unspecified atom stereocenters. The molecule has 1 atom stereocenters. The first-order valence-electron chi connectivity index (χ1n) is 7.42. The summed E-state index contributed by atoms with van der Waals surface area (Å²) in [5.74, 6) is 0.157. The van der Waals surface area contributed by atoms with Crippen molar-refractivity contribution in [3.63, 3.8) is 0 Å². The van der Waals surface area contributed by atoms with Gasteiger partial charge in [-0.05, 0) is 38.4 Å². The molecule has 1 aromatic carbocycles. The minimum Gasteiger partial charge on any atom is -0.308 e. The number of benzene rings is 1. The first kappa shape index (κ1) is 14.8. The minimum atomic E-state index is 0.157. The third-order valence-corrected chi connectivity index (χ3v) is 3.96. The molecule has 0 radical (unpaired) electrons. The van der Waals surface area contributed by atoms with Gasteiger partial charge in [0.25, 0.3) is 0 Å². The van der Waals surface area contributed by atoms with Crippen LogP contribution in [0.3, 0.4) is 0 Å². The average Bonchev–Trinajstić information content (AvgIpc) is 2.48. The van der Waals surface area contributed by atoms with E-state index < -0.39 is 0 Å². The molecule has 1 aliphatic rings. The number of rotatable bonds is 5. The number of hydrogen-bond acceptors (Lipinski definition) is 2. The number of hydrogen-bond donors (Lipinski definition) is 0. The molecule has 1 saturated heterocycles. The van der Waals surface area contributed by atoms with Gasteiger partial charge in [-0.25, -0.2) is 0 Å². The van der Waals surface area contributed by atoms with Crippen LogP contribution in [0.15, 0.2) is 43.0 Å². The molecule has 20 heavy (non-hydrogen) atoms. The fourth-order valence-electron chi connectivity index (χ4n) is 2.74. The quantitative estimate of drug-likeness (QED) is 0.769. The van der Waals surface area contributed by atoms with Crippen LogP contribution in [0.4, 0.5) is 5.69 Å². The molecule has 1 aliphatic heterocycles. The van der Waals surface area contributed by atoms with Gasteiger partial charge < -0.3 is 4.90 Å². The lowest BCUT2D eigenvalue weighted by Crippen LogP contribution is -2.46. The maximum atomic E-state index is 12.6. The van der Waals surface area contributed by atoms with Crippen molar-refractivity contribution in [2.75, 3.05) is 24.5 Å². The Morgan fingerprint density at radius 1 is 1.40 bits per heavy atom. The fraction of sp³-hybridized carbons (Fsp3) is 0.471. The van der Waals surface area contributed by atoms with Gasteiger partial charge in [0.05, 0.1) is 6.54 Å². The van der Waals surface area contributed by atoms with E-state index in [1.807, 2.05) is 35.2 Å². The molecule has 0 N–H and O–H groups in total. The molecule has 1 fully saturated rings. The van der Waals surface area contributed by atoms with E-state index in [2.05, 4.69) is 18.4 Å². The number of carbonyl (C=O) groups excluding carboxylic acids is 1. The van der Waals surface area contributed by atoms with Gasteiger partial charge in [-0.15, -0.1) is 6.58 Å². The fourth-order valence-corrected chi connectivity index (χ4v) is 2.74. The van der Waals surface area contributed by atoms with E-state index >= 15 is 0 Å². The van der Waals surface area contributed by atoms with E-state index in [1.165, 1.54) is 19.3 Å². The Bertz CT molecular complexity index is 444. The van der Waals surface area contributed by atoms with Crippen LogP contribution in [0.25, 0.3) is 0 Å². The Hall–Kier alpha value is -1.61. The van der Waals surface area contributed by atoms with Crippen molar-refractivity contribution < 1.29 is 4.79 Å². The lowest BCUT2D eigenvalue weighted by atomic mass is 10.0. The average molecular weight is 272 g/mol. The van der Waals surface area contributed by atoms with E-state index in [-0.39, 0.29) is 5.91 Å². The van der Waals surface area contributed by atoms with E-state index in [4.69, 9.17) is 0 Å². The minimum absolute atomic E-state index is 0.157. The standard InChI is InChI=1S/C17H24N2O/c1-3-12-19(16-10-5-4-6-11-16)17(20)14-18-13-8-7-9-15(18)2/h3-6,10-11,15H,1,7-9,12-14H2,2H3. The van der Waals surface area contributed by atoms with Crippen LogP contribution in [0.2, 0.25) is 0 Å². The summed E-state index contributed by atoms with van der Waals surface area (Å²) in [5.41, 5.74) is 0.946. The highest BCUT2D eigenvalue weighted by atomic mass is 16.2. The van der Waals surface area contributed by atoms with Crippen LogP contribution in [0.5, 0.6) is 0 Å². The molecule has 0 aromatic heterocycles. The maximum Gasteiger partial charge on any atom is 0.241 e. The van der Waals surface area contributed by atoms with E-state index in [9.17, 15) is 4.79 Å². The van der Waals surface area contributed by atoms with Gasteiger partial charge in [0.1, 0.15) is 0 Å². The first-order valence-corrected chi connectivity index (χ1v) is 7.42. The predicted molar refractivity (Wildman–Crippen MR) is 83.9 cm³/mol. The lowest BCUT2D eigenvalue weighted by molar-refractivity contribution is -0.120. The molecule has 0 spiro atoms. The Kier molecular flexibility index (Phi) is 5.36. The van der Waals surface area contributed by atoms with Gasteiger partial charge >= 0.3 is 0 Å². The molecule has 2 rings (SSSR count). The molecule has 1 heterocycles. The Balaban J connectivity index is 2.05. The summed E-state index contributed by atoms with van der Waals surface area (Å²) in [6, 6.07) is 10.3. The summed E-state index contributed by atoms with van der Waals surface area (Å²) in [7, 11) is 0. The van der Waals surface area contributed by atoms with E-state index in [1.54, 1.807) is 6.08 Å². The third kappa shape index (κ3) is 3.70. The highest BCUT2D eigenvalue weighted by Gasteiger charge is 2.23. The van der Waals surface area contributed by atoms with Gasteiger partial charge in [0.15, 0.2) is 0 Å². The molecule has 3 nitrogen and oxygen atoms in total. The van der Waals surface area contributed by atoms with Crippen LogP contribution < -0.4 is 4.90 Å².